The number of ether oxygens (including phenoxy) is 3. The number of aryl methyl sites for hydroxylation is 1. The van der Waals surface area contributed by atoms with Crippen LogP contribution in [-0.4, -0.2) is 71.9 Å². The molecule has 0 radical (unpaired) electrons. The summed E-state index contributed by atoms with van der Waals surface area (Å²) in [7, 11) is 6.78. The summed E-state index contributed by atoms with van der Waals surface area (Å²) in [4.78, 5) is 17.4. The minimum Gasteiger partial charge on any atom is -0.493 e. The number of piperazine rings is 1. The number of hydrogen-bond acceptors (Lipinski definition) is 6. The summed E-state index contributed by atoms with van der Waals surface area (Å²) in [6.45, 7) is 4.95. The largest absolute Gasteiger partial charge is 0.493 e. The van der Waals surface area contributed by atoms with Crippen LogP contribution in [0.15, 0.2) is 36.4 Å². The molecule has 0 bridgehead atoms. The van der Waals surface area contributed by atoms with Crippen molar-refractivity contribution < 1.29 is 19.0 Å². The number of anilines is 1. The van der Waals surface area contributed by atoms with E-state index >= 15 is 0 Å². The molecular weight excluding hydrogens is 394 g/mol. The van der Waals surface area contributed by atoms with Crippen LogP contribution >= 0.6 is 0 Å². The molecule has 0 aliphatic carbocycles. The van der Waals surface area contributed by atoms with Crippen LogP contribution in [0.25, 0.3) is 0 Å². The normalized spacial score (nSPS) is 14.3. The Bertz CT molecular complexity index is 837. The van der Waals surface area contributed by atoms with Gasteiger partial charge in [-0.25, -0.2) is 0 Å². The first-order valence-electron chi connectivity index (χ1n) is 10.7. The topological polar surface area (TPSA) is 63.3 Å². The molecule has 1 aliphatic heterocycles. The molecule has 2 aromatic carbocycles. The molecule has 2 aromatic rings. The standard InChI is InChI=1S/C24H33N3O4/c1-26-12-14-27(15-13-26)20-9-7-18(8-10-20)6-5-11-25-24(28)19-16-21(29-2)23(31-4)22(17-19)30-3/h7-10,16-17H,5-6,11-15H2,1-4H3,(H,25,28). The number of carbonyl (C=O) groups is 1. The molecule has 1 aliphatic rings. The molecule has 0 atom stereocenters. The summed E-state index contributed by atoms with van der Waals surface area (Å²) in [5, 5.41) is 2.97. The molecule has 0 aromatic heterocycles. The van der Waals surface area contributed by atoms with Crippen molar-refractivity contribution in [2.45, 2.75) is 12.8 Å². The monoisotopic (exact) mass is 427 g/mol. The van der Waals surface area contributed by atoms with Crippen molar-refractivity contribution in [1.82, 2.24) is 10.2 Å². The Morgan fingerprint density at radius 2 is 1.55 bits per heavy atom. The predicted octanol–water partition coefficient (Wildman–Crippen LogP) is 2.83. The van der Waals surface area contributed by atoms with Crippen LogP contribution in [0.5, 0.6) is 17.2 Å². The van der Waals surface area contributed by atoms with E-state index in [4.69, 9.17) is 14.2 Å². The summed E-state index contributed by atoms with van der Waals surface area (Å²) in [5.74, 6) is 1.24. The maximum absolute atomic E-state index is 12.6. The highest BCUT2D eigenvalue weighted by atomic mass is 16.5. The van der Waals surface area contributed by atoms with Gasteiger partial charge in [0.25, 0.3) is 5.91 Å². The Morgan fingerprint density at radius 3 is 2.10 bits per heavy atom. The van der Waals surface area contributed by atoms with E-state index in [2.05, 4.69) is 46.4 Å². The minimum absolute atomic E-state index is 0.162. The molecule has 7 heteroatoms. The number of nitrogens with one attached hydrogen (secondary N) is 1. The van der Waals surface area contributed by atoms with E-state index in [1.165, 1.54) is 32.6 Å². The van der Waals surface area contributed by atoms with Gasteiger partial charge in [-0.05, 0) is 49.7 Å². The average molecular weight is 428 g/mol. The third-order valence-corrected chi connectivity index (χ3v) is 5.66. The molecule has 0 spiro atoms. The minimum atomic E-state index is -0.162. The highest BCUT2D eigenvalue weighted by Crippen LogP contribution is 2.38. The van der Waals surface area contributed by atoms with Gasteiger partial charge in [0.05, 0.1) is 21.3 Å². The summed E-state index contributed by atoms with van der Waals surface area (Å²) < 4.78 is 15.9. The Balaban J connectivity index is 1.49. The smallest absolute Gasteiger partial charge is 0.251 e. The van der Waals surface area contributed by atoms with Crippen LogP contribution in [0.3, 0.4) is 0 Å². The second kappa shape index (κ2) is 10.9. The van der Waals surface area contributed by atoms with Crippen molar-refractivity contribution in [2.75, 3.05) is 66.0 Å². The highest BCUT2D eigenvalue weighted by Gasteiger charge is 2.17. The zero-order valence-electron chi connectivity index (χ0n) is 18.9. The van der Waals surface area contributed by atoms with Crippen molar-refractivity contribution in [3.05, 3.63) is 47.5 Å². The van der Waals surface area contributed by atoms with Gasteiger partial charge in [0.15, 0.2) is 11.5 Å². The first-order chi connectivity index (χ1) is 15.0. The van der Waals surface area contributed by atoms with Crippen LogP contribution in [0.1, 0.15) is 22.3 Å². The van der Waals surface area contributed by atoms with Crippen LogP contribution in [0.2, 0.25) is 0 Å². The quantitative estimate of drug-likeness (QED) is 0.621. The number of methoxy groups -OCH3 is 3. The Labute approximate surface area is 184 Å². The second-order valence-corrected chi connectivity index (χ2v) is 7.73. The first-order valence-corrected chi connectivity index (χ1v) is 10.7. The van der Waals surface area contributed by atoms with Gasteiger partial charge >= 0.3 is 0 Å². The first kappa shape index (κ1) is 22.7. The summed E-state index contributed by atoms with van der Waals surface area (Å²) >= 11 is 0. The molecular formula is C24H33N3O4. The third kappa shape index (κ3) is 5.82. The van der Waals surface area contributed by atoms with E-state index in [1.807, 2.05) is 0 Å². The van der Waals surface area contributed by atoms with E-state index in [0.717, 1.165) is 39.0 Å². The van der Waals surface area contributed by atoms with Crippen LogP contribution < -0.4 is 24.4 Å². The molecule has 1 amide bonds. The van der Waals surface area contributed by atoms with Gasteiger partial charge in [0.2, 0.25) is 5.75 Å². The number of likely N-dealkylation sites (N-methyl/N-ethyl adjacent to an activating group) is 1. The zero-order valence-corrected chi connectivity index (χ0v) is 18.9. The lowest BCUT2D eigenvalue weighted by atomic mass is 10.1. The third-order valence-electron chi connectivity index (χ3n) is 5.66. The molecule has 7 nitrogen and oxygen atoms in total. The molecule has 0 saturated carbocycles. The molecule has 0 unspecified atom stereocenters. The SMILES string of the molecule is COc1cc(C(=O)NCCCc2ccc(N3CCN(C)CC3)cc2)cc(OC)c1OC. The summed E-state index contributed by atoms with van der Waals surface area (Å²) in [5.41, 5.74) is 3.04. The molecule has 31 heavy (non-hydrogen) atoms. The Hall–Kier alpha value is -2.93. The molecule has 1 N–H and O–H groups in total. The second-order valence-electron chi connectivity index (χ2n) is 7.73. The highest BCUT2D eigenvalue weighted by molar-refractivity contribution is 5.95. The fourth-order valence-electron chi connectivity index (χ4n) is 3.75. The molecule has 1 saturated heterocycles. The Kier molecular flexibility index (Phi) is 8.00. The van der Waals surface area contributed by atoms with Gasteiger partial charge in [-0.2, -0.15) is 0 Å². The fourth-order valence-corrected chi connectivity index (χ4v) is 3.75. The van der Waals surface area contributed by atoms with E-state index < -0.39 is 0 Å². The molecule has 168 valence electrons. The van der Waals surface area contributed by atoms with E-state index in [1.54, 1.807) is 12.1 Å². The van der Waals surface area contributed by atoms with Crippen LogP contribution in [-0.2, 0) is 6.42 Å². The van der Waals surface area contributed by atoms with Crippen molar-refractivity contribution in [3.8, 4) is 17.2 Å². The van der Waals surface area contributed by atoms with Crippen molar-refractivity contribution in [1.29, 1.82) is 0 Å². The number of rotatable bonds is 9. The number of hydrogen-bond donors (Lipinski definition) is 1. The maximum Gasteiger partial charge on any atom is 0.251 e. The summed E-state index contributed by atoms with van der Waals surface area (Å²) in [6, 6.07) is 12.1. The maximum atomic E-state index is 12.6. The number of carbonyl (C=O) groups excluding carboxylic acids is 1. The zero-order chi connectivity index (χ0) is 22.2. The molecule has 1 fully saturated rings. The lowest BCUT2D eigenvalue weighted by Crippen LogP contribution is -2.44. The van der Waals surface area contributed by atoms with Crippen LogP contribution in [0.4, 0.5) is 5.69 Å². The molecule has 1 heterocycles. The predicted molar refractivity (Wildman–Crippen MR) is 123 cm³/mol. The summed E-state index contributed by atoms with van der Waals surface area (Å²) in [6.07, 6.45) is 1.78. The van der Waals surface area contributed by atoms with Crippen molar-refractivity contribution in [2.24, 2.45) is 0 Å². The lowest BCUT2D eigenvalue weighted by molar-refractivity contribution is 0.0952. The van der Waals surface area contributed by atoms with E-state index in [9.17, 15) is 4.79 Å². The van der Waals surface area contributed by atoms with Crippen molar-refractivity contribution in [3.63, 3.8) is 0 Å². The number of benzene rings is 2. The number of nitrogens with zero attached hydrogens (tertiary/aromatic N) is 2. The van der Waals surface area contributed by atoms with Gasteiger partial charge in [0, 0.05) is 44.0 Å². The van der Waals surface area contributed by atoms with Gasteiger partial charge in [-0.15, -0.1) is 0 Å². The van der Waals surface area contributed by atoms with E-state index in [0.29, 0.717) is 29.4 Å². The van der Waals surface area contributed by atoms with E-state index in [-0.39, 0.29) is 5.91 Å². The fraction of sp³-hybridized carbons (Fsp3) is 0.458. The lowest BCUT2D eigenvalue weighted by Gasteiger charge is -2.34. The van der Waals surface area contributed by atoms with Gasteiger partial charge in [-0.1, -0.05) is 12.1 Å². The van der Waals surface area contributed by atoms with Crippen LogP contribution in [0, 0.1) is 0 Å². The Morgan fingerprint density at radius 1 is 0.935 bits per heavy atom. The number of amides is 1. The average Bonchev–Trinajstić information content (AvgIpc) is 2.81. The van der Waals surface area contributed by atoms with Gasteiger partial charge in [0.1, 0.15) is 0 Å². The van der Waals surface area contributed by atoms with Crippen molar-refractivity contribution >= 4 is 11.6 Å². The van der Waals surface area contributed by atoms with Gasteiger partial charge < -0.3 is 29.3 Å². The molecule has 3 rings (SSSR count). The van der Waals surface area contributed by atoms with Gasteiger partial charge in [-0.3, -0.25) is 4.79 Å².